The maximum Gasteiger partial charge on any atom is 0.277 e. The lowest BCUT2D eigenvalue weighted by Gasteiger charge is -2.16. The second-order valence-corrected chi connectivity index (χ2v) is 7.57. The van der Waals surface area contributed by atoms with Gasteiger partial charge in [0, 0.05) is 18.3 Å². The van der Waals surface area contributed by atoms with Crippen molar-refractivity contribution < 1.29 is 14.0 Å². The summed E-state index contributed by atoms with van der Waals surface area (Å²) in [7, 11) is 1.59. The number of nitrogens with one attached hydrogen (secondary N) is 1. The number of hydrogen-bond acceptors (Lipinski definition) is 6. The highest BCUT2D eigenvalue weighted by atomic mass is 32.2. The topological polar surface area (TPSA) is 88.3 Å². The lowest BCUT2D eigenvalue weighted by Crippen LogP contribution is -2.35. The van der Waals surface area contributed by atoms with Crippen LogP contribution in [0, 0.1) is 13.8 Å². The first-order chi connectivity index (χ1) is 13.9. The van der Waals surface area contributed by atoms with Gasteiger partial charge in [-0.05, 0) is 37.6 Å². The Morgan fingerprint density at radius 2 is 1.79 bits per heavy atom. The number of anilines is 1. The van der Waals surface area contributed by atoms with Gasteiger partial charge < -0.3 is 14.6 Å². The number of nitrogens with zero attached hydrogens (tertiary/aromatic N) is 3. The van der Waals surface area contributed by atoms with Crippen molar-refractivity contribution in [2.75, 3.05) is 24.7 Å². The molecule has 0 radical (unpaired) electrons. The molecule has 1 aromatic heterocycles. The van der Waals surface area contributed by atoms with Crippen LogP contribution < -0.4 is 5.32 Å². The summed E-state index contributed by atoms with van der Waals surface area (Å²) in [4.78, 5) is 25.8. The number of aryl methyl sites for hydroxylation is 2. The van der Waals surface area contributed by atoms with Crippen LogP contribution in [0.1, 0.15) is 11.1 Å². The van der Waals surface area contributed by atoms with Crippen LogP contribution >= 0.6 is 11.8 Å². The van der Waals surface area contributed by atoms with E-state index < -0.39 is 0 Å². The number of rotatable bonds is 7. The van der Waals surface area contributed by atoms with Crippen LogP contribution in [0.5, 0.6) is 0 Å². The summed E-state index contributed by atoms with van der Waals surface area (Å²) in [5.41, 5.74) is 3.70. The number of likely N-dealkylation sites (N-methyl/N-ethyl adjacent to an activating group) is 1. The van der Waals surface area contributed by atoms with Crippen LogP contribution in [0.25, 0.3) is 11.5 Å². The summed E-state index contributed by atoms with van der Waals surface area (Å²) in [6.07, 6.45) is 0. The summed E-state index contributed by atoms with van der Waals surface area (Å²) >= 11 is 1.15. The predicted octanol–water partition coefficient (Wildman–Crippen LogP) is 3.54. The second-order valence-electron chi connectivity index (χ2n) is 6.64. The van der Waals surface area contributed by atoms with E-state index in [0.717, 1.165) is 28.5 Å². The van der Waals surface area contributed by atoms with E-state index in [1.165, 1.54) is 4.90 Å². The molecule has 3 rings (SSSR count). The maximum atomic E-state index is 12.3. The van der Waals surface area contributed by atoms with E-state index in [1.54, 1.807) is 7.05 Å². The molecule has 1 N–H and O–H groups in total. The smallest absolute Gasteiger partial charge is 0.277 e. The van der Waals surface area contributed by atoms with Crippen LogP contribution in [-0.4, -0.2) is 46.3 Å². The van der Waals surface area contributed by atoms with Gasteiger partial charge in [0.15, 0.2) is 0 Å². The minimum absolute atomic E-state index is 0.0361. The number of carbonyl (C=O) groups excluding carboxylic acids is 2. The monoisotopic (exact) mass is 410 g/mol. The molecule has 150 valence electrons. The van der Waals surface area contributed by atoms with E-state index in [2.05, 4.69) is 15.5 Å². The van der Waals surface area contributed by atoms with Crippen molar-refractivity contribution in [3.05, 3.63) is 59.7 Å². The van der Waals surface area contributed by atoms with E-state index in [4.69, 9.17) is 4.42 Å². The molecule has 0 atom stereocenters. The Kier molecular flexibility index (Phi) is 6.66. The molecule has 0 fully saturated rings. The van der Waals surface area contributed by atoms with Gasteiger partial charge in [-0.15, -0.1) is 10.2 Å². The fourth-order valence-corrected chi connectivity index (χ4v) is 3.27. The molecule has 1 heterocycles. The van der Waals surface area contributed by atoms with E-state index in [1.807, 2.05) is 62.4 Å². The zero-order valence-corrected chi connectivity index (χ0v) is 17.3. The van der Waals surface area contributed by atoms with Gasteiger partial charge in [-0.2, -0.15) is 0 Å². The molecule has 0 saturated carbocycles. The Bertz CT molecular complexity index is 1000. The number of thioether (sulfide) groups is 1. The Balaban J connectivity index is 1.49. The highest BCUT2D eigenvalue weighted by Gasteiger charge is 2.16. The van der Waals surface area contributed by atoms with Gasteiger partial charge in [-0.1, -0.05) is 47.7 Å². The minimum Gasteiger partial charge on any atom is -0.411 e. The first kappa shape index (κ1) is 20.6. The first-order valence-corrected chi connectivity index (χ1v) is 10.0. The molecule has 0 unspecified atom stereocenters. The molecule has 2 amide bonds. The molecule has 0 aliphatic carbocycles. The van der Waals surface area contributed by atoms with Crippen LogP contribution in [-0.2, 0) is 9.59 Å². The average Bonchev–Trinajstić information content (AvgIpc) is 3.17. The molecular weight excluding hydrogens is 388 g/mol. The lowest BCUT2D eigenvalue weighted by atomic mass is 10.1. The Hall–Kier alpha value is -3.13. The molecule has 0 aliphatic heterocycles. The van der Waals surface area contributed by atoms with Gasteiger partial charge in [0.2, 0.25) is 17.7 Å². The summed E-state index contributed by atoms with van der Waals surface area (Å²) in [5, 5.41) is 11.1. The summed E-state index contributed by atoms with van der Waals surface area (Å²) in [5.74, 6) is 0.0619. The minimum atomic E-state index is -0.255. The van der Waals surface area contributed by atoms with Crippen LogP contribution in [0.4, 0.5) is 5.69 Å². The quantitative estimate of drug-likeness (QED) is 0.600. The van der Waals surface area contributed by atoms with E-state index >= 15 is 0 Å². The third kappa shape index (κ3) is 5.68. The van der Waals surface area contributed by atoms with Gasteiger partial charge in [-0.3, -0.25) is 9.59 Å². The van der Waals surface area contributed by atoms with Gasteiger partial charge in [0.05, 0.1) is 12.3 Å². The molecule has 3 aromatic rings. The molecule has 0 saturated heterocycles. The molecular formula is C21H22N4O3S. The van der Waals surface area contributed by atoms with Crippen molar-refractivity contribution in [1.82, 2.24) is 15.1 Å². The number of amides is 2. The number of benzene rings is 2. The van der Waals surface area contributed by atoms with Gasteiger partial charge in [0.1, 0.15) is 0 Å². The Morgan fingerprint density at radius 1 is 1.07 bits per heavy atom. The largest absolute Gasteiger partial charge is 0.411 e. The van der Waals surface area contributed by atoms with Gasteiger partial charge in [0.25, 0.3) is 5.22 Å². The van der Waals surface area contributed by atoms with Crippen molar-refractivity contribution in [1.29, 1.82) is 0 Å². The van der Waals surface area contributed by atoms with Crippen LogP contribution in [0.2, 0.25) is 0 Å². The molecule has 29 heavy (non-hydrogen) atoms. The molecule has 0 bridgehead atoms. The standard InChI is InChI=1S/C21H22N4O3S/c1-14-8-10-16(11-9-14)22-18(26)12-25(3)19(27)13-29-21-24-23-20(28-21)17-7-5-4-6-15(17)2/h4-11H,12-13H2,1-3H3,(H,22,26). The van der Waals surface area contributed by atoms with Crippen molar-refractivity contribution in [3.8, 4) is 11.5 Å². The highest BCUT2D eigenvalue weighted by molar-refractivity contribution is 7.99. The van der Waals surface area contributed by atoms with Crippen molar-refractivity contribution in [2.24, 2.45) is 0 Å². The fourth-order valence-electron chi connectivity index (χ4n) is 2.56. The van der Waals surface area contributed by atoms with Gasteiger partial charge in [-0.25, -0.2) is 0 Å². The average molecular weight is 410 g/mol. The second kappa shape index (κ2) is 9.38. The van der Waals surface area contributed by atoms with Crippen LogP contribution in [0.3, 0.4) is 0 Å². The highest BCUT2D eigenvalue weighted by Crippen LogP contribution is 2.25. The summed E-state index contributed by atoms with van der Waals surface area (Å²) < 4.78 is 5.64. The lowest BCUT2D eigenvalue weighted by molar-refractivity contribution is -0.131. The number of carbonyl (C=O) groups is 2. The van der Waals surface area contributed by atoms with Gasteiger partial charge >= 0.3 is 0 Å². The zero-order chi connectivity index (χ0) is 20.8. The number of aromatic nitrogens is 2. The third-order valence-electron chi connectivity index (χ3n) is 4.24. The predicted molar refractivity (Wildman–Crippen MR) is 113 cm³/mol. The Labute approximate surface area is 173 Å². The third-order valence-corrected chi connectivity index (χ3v) is 5.05. The molecule has 0 spiro atoms. The summed E-state index contributed by atoms with van der Waals surface area (Å²) in [6, 6.07) is 15.2. The van der Waals surface area contributed by atoms with Crippen molar-refractivity contribution in [2.45, 2.75) is 19.1 Å². The molecule has 2 aromatic carbocycles. The maximum absolute atomic E-state index is 12.3. The molecule has 0 aliphatic rings. The zero-order valence-electron chi connectivity index (χ0n) is 16.5. The first-order valence-electron chi connectivity index (χ1n) is 9.05. The Morgan fingerprint density at radius 3 is 2.52 bits per heavy atom. The van der Waals surface area contributed by atoms with E-state index in [0.29, 0.717) is 16.8 Å². The molecule has 8 heteroatoms. The SMILES string of the molecule is Cc1ccc(NC(=O)CN(C)C(=O)CSc2nnc(-c3ccccc3C)o2)cc1. The van der Waals surface area contributed by atoms with E-state index in [-0.39, 0.29) is 24.1 Å². The van der Waals surface area contributed by atoms with Crippen molar-refractivity contribution in [3.63, 3.8) is 0 Å². The summed E-state index contributed by atoms with van der Waals surface area (Å²) in [6.45, 7) is 3.90. The van der Waals surface area contributed by atoms with E-state index in [9.17, 15) is 9.59 Å². The fraction of sp³-hybridized carbons (Fsp3) is 0.238. The molecule has 7 nitrogen and oxygen atoms in total. The normalized spacial score (nSPS) is 10.6. The van der Waals surface area contributed by atoms with Crippen LogP contribution in [0.15, 0.2) is 58.2 Å². The number of hydrogen-bond donors (Lipinski definition) is 1. The van der Waals surface area contributed by atoms with Crippen molar-refractivity contribution >= 4 is 29.3 Å².